The lowest BCUT2D eigenvalue weighted by Gasteiger charge is -2.15. The highest BCUT2D eigenvalue weighted by Crippen LogP contribution is 2.18. The number of rotatable bonds is 7. The van der Waals surface area contributed by atoms with Crippen LogP contribution in [0.3, 0.4) is 0 Å². The minimum Gasteiger partial charge on any atom is -0.348 e. The van der Waals surface area contributed by atoms with E-state index in [1.54, 1.807) is 30.3 Å². The fourth-order valence-corrected chi connectivity index (χ4v) is 4.34. The van der Waals surface area contributed by atoms with Crippen molar-refractivity contribution in [3.8, 4) is 0 Å². The Balaban J connectivity index is 2.13. The van der Waals surface area contributed by atoms with Gasteiger partial charge in [-0.15, -0.1) is 0 Å². The first-order valence-electron chi connectivity index (χ1n) is 8.06. The van der Waals surface area contributed by atoms with Crippen molar-refractivity contribution >= 4 is 25.8 Å². The van der Waals surface area contributed by atoms with Crippen LogP contribution in [0.2, 0.25) is 0 Å². The third-order valence-electron chi connectivity index (χ3n) is 3.82. The van der Waals surface area contributed by atoms with Gasteiger partial charge in [0.25, 0.3) is 5.91 Å². The largest absolute Gasteiger partial charge is 0.348 e. The van der Waals surface area contributed by atoms with Gasteiger partial charge in [0.05, 0.1) is 10.6 Å². The Kier molecular flexibility index (Phi) is 6.40. The molecule has 0 spiro atoms. The van der Waals surface area contributed by atoms with Crippen LogP contribution < -0.4 is 5.32 Å². The molecule has 2 rings (SSSR count). The summed E-state index contributed by atoms with van der Waals surface area (Å²) in [5.74, 6) is -0.469. The summed E-state index contributed by atoms with van der Waals surface area (Å²) in [5.41, 5.74) is 1.44. The summed E-state index contributed by atoms with van der Waals surface area (Å²) in [5, 5.41) is 2.69. The molecule has 0 aliphatic heterocycles. The lowest BCUT2D eigenvalue weighted by Crippen LogP contribution is -2.27. The fourth-order valence-electron chi connectivity index (χ4n) is 2.43. The predicted molar refractivity (Wildman–Crippen MR) is 103 cm³/mol. The lowest BCUT2D eigenvalue weighted by molar-refractivity contribution is 0.0950. The molecule has 9 heteroatoms. The third-order valence-corrected chi connectivity index (χ3v) is 6.59. The second kappa shape index (κ2) is 8.20. The number of sulfone groups is 1. The monoisotopic (exact) mass is 410 g/mol. The van der Waals surface area contributed by atoms with Crippen LogP contribution in [-0.4, -0.2) is 47.4 Å². The molecule has 0 bridgehead atoms. The summed E-state index contributed by atoms with van der Waals surface area (Å²) in [6.45, 7) is 0.0488. The quantitative estimate of drug-likeness (QED) is 0.744. The highest BCUT2D eigenvalue weighted by atomic mass is 32.2. The molecule has 27 heavy (non-hydrogen) atoms. The molecule has 0 heterocycles. The summed E-state index contributed by atoms with van der Waals surface area (Å²) in [6, 6.07) is 12.7. The van der Waals surface area contributed by atoms with Gasteiger partial charge in [-0.05, 0) is 29.3 Å². The number of carbonyl (C=O) groups excluding carboxylic acids is 1. The summed E-state index contributed by atoms with van der Waals surface area (Å²) in [7, 11) is -3.87. The molecular weight excluding hydrogens is 388 g/mol. The van der Waals surface area contributed by atoms with Crippen molar-refractivity contribution in [1.29, 1.82) is 0 Å². The summed E-state index contributed by atoms with van der Waals surface area (Å²) in [4.78, 5) is 12.5. The molecule has 0 aromatic heterocycles. The Labute approximate surface area is 160 Å². The number of carbonyl (C=O) groups is 1. The molecule has 0 radical (unpaired) electrons. The number of amides is 1. The van der Waals surface area contributed by atoms with Crippen LogP contribution in [0, 0.1) is 0 Å². The maximum absolute atomic E-state index is 12.4. The van der Waals surface area contributed by atoms with E-state index in [0.717, 1.165) is 10.6 Å². The van der Waals surface area contributed by atoms with E-state index in [1.807, 2.05) is 0 Å². The molecule has 1 N–H and O–H groups in total. The molecule has 0 aliphatic carbocycles. The molecule has 0 saturated heterocycles. The van der Waals surface area contributed by atoms with Crippen molar-refractivity contribution in [3.05, 3.63) is 65.2 Å². The van der Waals surface area contributed by atoms with E-state index in [-0.39, 0.29) is 23.1 Å². The molecule has 1 amide bonds. The van der Waals surface area contributed by atoms with E-state index in [2.05, 4.69) is 5.32 Å². The Hall–Kier alpha value is -2.23. The number of nitrogens with zero attached hydrogens (tertiary/aromatic N) is 1. The Morgan fingerprint density at radius 3 is 2.11 bits per heavy atom. The van der Waals surface area contributed by atoms with Gasteiger partial charge in [0, 0.05) is 32.5 Å². The maximum atomic E-state index is 12.4. The predicted octanol–water partition coefficient (Wildman–Crippen LogP) is 1.41. The van der Waals surface area contributed by atoms with E-state index < -0.39 is 19.9 Å². The van der Waals surface area contributed by atoms with E-state index in [1.165, 1.54) is 32.3 Å². The normalized spacial score (nSPS) is 12.1. The molecule has 0 saturated carbocycles. The maximum Gasteiger partial charge on any atom is 0.251 e. The van der Waals surface area contributed by atoms with Gasteiger partial charge in [0.2, 0.25) is 10.0 Å². The van der Waals surface area contributed by atoms with Crippen molar-refractivity contribution in [2.24, 2.45) is 0 Å². The average molecular weight is 411 g/mol. The van der Waals surface area contributed by atoms with E-state index >= 15 is 0 Å². The first kappa shape index (κ1) is 21.1. The van der Waals surface area contributed by atoms with Gasteiger partial charge in [-0.2, -0.15) is 0 Å². The van der Waals surface area contributed by atoms with Gasteiger partial charge in [-0.3, -0.25) is 4.79 Å². The smallest absolute Gasteiger partial charge is 0.251 e. The molecular formula is C18H22N2O5S2. The Bertz CT molecular complexity index is 1030. The molecule has 0 fully saturated rings. The van der Waals surface area contributed by atoms with Crippen molar-refractivity contribution in [2.75, 3.05) is 20.4 Å². The minimum absolute atomic E-state index is 0.0488. The third kappa shape index (κ3) is 5.62. The number of sulfonamides is 1. The molecule has 7 nitrogen and oxygen atoms in total. The zero-order valence-corrected chi connectivity index (χ0v) is 17.0. The molecule has 0 atom stereocenters. The Morgan fingerprint density at radius 2 is 1.56 bits per heavy atom. The highest BCUT2D eigenvalue weighted by molar-refractivity contribution is 7.90. The topological polar surface area (TPSA) is 101 Å². The highest BCUT2D eigenvalue weighted by Gasteiger charge is 2.20. The van der Waals surface area contributed by atoms with Crippen LogP contribution in [0.1, 0.15) is 21.5 Å². The first-order chi connectivity index (χ1) is 12.5. The van der Waals surface area contributed by atoms with Crippen LogP contribution in [0.4, 0.5) is 0 Å². The number of benzene rings is 2. The van der Waals surface area contributed by atoms with Crippen LogP contribution in [-0.2, 0) is 32.2 Å². The average Bonchev–Trinajstić information content (AvgIpc) is 2.59. The van der Waals surface area contributed by atoms with Gasteiger partial charge in [-0.25, -0.2) is 21.1 Å². The van der Waals surface area contributed by atoms with Crippen LogP contribution in [0.15, 0.2) is 53.4 Å². The van der Waals surface area contributed by atoms with E-state index in [4.69, 9.17) is 0 Å². The zero-order valence-electron chi connectivity index (χ0n) is 15.3. The second-order valence-corrected chi connectivity index (χ2v) is 10.6. The van der Waals surface area contributed by atoms with Crippen LogP contribution in [0.5, 0.6) is 0 Å². The zero-order chi connectivity index (χ0) is 20.2. The number of nitrogens with one attached hydrogen (secondary N) is 1. The molecule has 146 valence electrons. The Morgan fingerprint density at radius 1 is 0.963 bits per heavy atom. The first-order valence-corrected chi connectivity index (χ1v) is 11.6. The van der Waals surface area contributed by atoms with Crippen molar-refractivity contribution in [3.63, 3.8) is 0 Å². The van der Waals surface area contributed by atoms with Gasteiger partial charge < -0.3 is 5.32 Å². The minimum atomic E-state index is -3.62. The fraction of sp³-hybridized carbons (Fsp3) is 0.278. The van der Waals surface area contributed by atoms with Gasteiger partial charge in [0.1, 0.15) is 0 Å². The summed E-state index contributed by atoms with van der Waals surface area (Å²) >= 11 is 0. The lowest BCUT2D eigenvalue weighted by atomic mass is 10.1. The van der Waals surface area contributed by atoms with Crippen LogP contribution >= 0.6 is 0 Å². The van der Waals surface area contributed by atoms with Gasteiger partial charge in [0.15, 0.2) is 9.84 Å². The SMILES string of the molecule is CN(C)S(=O)(=O)c1ccccc1CNC(=O)c1ccc(CS(C)(=O)=O)cc1. The molecule has 0 aliphatic rings. The molecule has 2 aromatic rings. The van der Waals surface area contributed by atoms with Crippen molar-refractivity contribution in [1.82, 2.24) is 9.62 Å². The van der Waals surface area contributed by atoms with Gasteiger partial charge in [-0.1, -0.05) is 30.3 Å². The summed E-state index contributed by atoms with van der Waals surface area (Å²) in [6.07, 6.45) is 1.15. The van der Waals surface area contributed by atoms with E-state index in [9.17, 15) is 21.6 Å². The van der Waals surface area contributed by atoms with Gasteiger partial charge >= 0.3 is 0 Å². The number of hydrogen-bond acceptors (Lipinski definition) is 5. The van der Waals surface area contributed by atoms with E-state index in [0.29, 0.717) is 16.7 Å². The molecule has 2 aromatic carbocycles. The second-order valence-electron chi connectivity index (χ2n) is 6.34. The van der Waals surface area contributed by atoms with Crippen LogP contribution in [0.25, 0.3) is 0 Å². The van der Waals surface area contributed by atoms with Crippen molar-refractivity contribution < 1.29 is 21.6 Å². The molecule has 0 unspecified atom stereocenters. The van der Waals surface area contributed by atoms with Crippen molar-refractivity contribution in [2.45, 2.75) is 17.2 Å². The standard InChI is InChI=1S/C18H22N2O5S2/c1-20(2)27(24,25)17-7-5-4-6-16(17)12-19-18(21)15-10-8-14(9-11-15)13-26(3,22)23/h4-11H,12-13H2,1-3H3,(H,19,21). The number of hydrogen-bond donors (Lipinski definition) is 1. The summed E-state index contributed by atoms with van der Waals surface area (Å²) < 4.78 is 48.5.